The van der Waals surface area contributed by atoms with E-state index in [1.165, 1.54) is 5.56 Å². The second-order valence-electron chi connectivity index (χ2n) is 5.72. The lowest BCUT2D eigenvalue weighted by Gasteiger charge is -2.07. The van der Waals surface area contributed by atoms with Crippen LogP contribution in [0.1, 0.15) is 11.5 Å². The normalized spacial score (nSPS) is 11.0. The Hall–Kier alpha value is -2.57. The summed E-state index contributed by atoms with van der Waals surface area (Å²) in [4.78, 5) is 4.43. The van der Waals surface area contributed by atoms with Crippen LogP contribution in [0.25, 0.3) is 17.1 Å². The maximum Gasteiger partial charge on any atom is 0.247 e. The molecule has 0 saturated heterocycles. The molecule has 4 rings (SSSR count). The van der Waals surface area contributed by atoms with Gasteiger partial charge in [-0.25, -0.2) is 4.98 Å². The first-order valence-electron chi connectivity index (χ1n) is 8.00. The molecule has 0 aliphatic rings. The van der Waals surface area contributed by atoms with Gasteiger partial charge in [0.15, 0.2) is 5.16 Å². The monoisotopic (exact) mass is 382 g/mol. The van der Waals surface area contributed by atoms with Gasteiger partial charge in [-0.1, -0.05) is 35.5 Å². The number of aromatic nitrogens is 4. The number of hydrogen-bond acceptors (Lipinski definition) is 5. The van der Waals surface area contributed by atoms with Crippen LogP contribution in [-0.2, 0) is 5.75 Å². The Labute approximate surface area is 160 Å². The Morgan fingerprint density at radius 1 is 1.12 bits per heavy atom. The lowest BCUT2D eigenvalue weighted by atomic mass is 10.2. The fourth-order valence-corrected chi connectivity index (χ4v) is 3.45. The van der Waals surface area contributed by atoms with E-state index in [4.69, 9.17) is 16.0 Å². The minimum absolute atomic E-state index is 0.485. The van der Waals surface area contributed by atoms with Crippen LogP contribution in [0.4, 0.5) is 0 Å². The van der Waals surface area contributed by atoms with Gasteiger partial charge in [0.05, 0.1) is 5.75 Å². The highest BCUT2D eigenvalue weighted by Gasteiger charge is 2.12. The van der Waals surface area contributed by atoms with E-state index in [9.17, 15) is 0 Å². The molecule has 2 aromatic heterocycles. The van der Waals surface area contributed by atoms with Crippen LogP contribution < -0.4 is 0 Å². The standard InChI is InChI=1S/C19H15ClN4OS/c1-13-3-2-4-16(11-13)24-10-9-21-19(24)26-12-17-22-23-18(25-17)14-5-7-15(20)8-6-14/h2-11H,12H2,1H3. The third-order valence-electron chi connectivity index (χ3n) is 3.77. The highest BCUT2D eigenvalue weighted by molar-refractivity contribution is 7.98. The van der Waals surface area contributed by atoms with E-state index >= 15 is 0 Å². The first kappa shape index (κ1) is 16.9. The van der Waals surface area contributed by atoms with Gasteiger partial charge in [0, 0.05) is 28.7 Å². The number of benzene rings is 2. The molecule has 5 nitrogen and oxygen atoms in total. The average Bonchev–Trinajstić information content (AvgIpc) is 3.30. The van der Waals surface area contributed by atoms with E-state index in [2.05, 4.69) is 40.3 Å². The summed E-state index contributed by atoms with van der Waals surface area (Å²) in [6.45, 7) is 2.07. The SMILES string of the molecule is Cc1cccc(-n2ccnc2SCc2nnc(-c3ccc(Cl)cc3)o2)c1. The summed E-state index contributed by atoms with van der Waals surface area (Å²) in [6, 6.07) is 15.6. The molecule has 0 fully saturated rings. The molecular weight excluding hydrogens is 368 g/mol. The van der Waals surface area contributed by atoms with Crippen molar-refractivity contribution in [1.29, 1.82) is 0 Å². The smallest absolute Gasteiger partial charge is 0.247 e. The summed E-state index contributed by atoms with van der Waals surface area (Å²) in [5.74, 6) is 1.58. The molecule has 0 radical (unpaired) electrons. The summed E-state index contributed by atoms with van der Waals surface area (Å²) in [6.07, 6.45) is 3.74. The quantitative estimate of drug-likeness (QED) is 0.445. The van der Waals surface area contributed by atoms with Crippen molar-refractivity contribution in [2.75, 3.05) is 0 Å². The Morgan fingerprint density at radius 3 is 2.77 bits per heavy atom. The van der Waals surface area contributed by atoms with Gasteiger partial charge in [0.1, 0.15) is 0 Å². The second kappa shape index (κ2) is 7.35. The lowest BCUT2D eigenvalue weighted by Crippen LogP contribution is -1.95. The number of thioether (sulfide) groups is 1. The van der Waals surface area contributed by atoms with Crippen LogP contribution in [0, 0.1) is 6.92 Å². The molecule has 0 spiro atoms. The highest BCUT2D eigenvalue weighted by Crippen LogP contribution is 2.26. The predicted molar refractivity (Wildman–Crippen MR) is 103 cm³/mol. The molecule has 0 bridgehead atoms. The van der Waals surface area contributed by atoms with Gasteiger partial charge in [-0.15, -0.1) is 10.2 Å². The largest absolute Gasteiger partial charge is 0.420 e. The summed E-state index contributed by atoms with van der Waals surface area (Å²) in [5, 5.41) is 9.78. The molecule has 4 aromatic rings. The van der Waals surface area contributed by atoms with E-state index < -0.39 is 0 Å². The highest BCUT2D eigenvalue weighted by atomic mass is 35.5. The van der Waals surface area contributed by atoms with Crippen LogP contribution in [-0.4, -0.2) is 19.7 Å². The van der Waals surface area contributed by atoms with Gasteiger partial charge in [-0.05, 0) is 48.9 Å². The zero-order chi connectivity index (χ0) is 17.9. The molecule has 2 heterocycles. The van der Waals surface area contributed by atoms with E-state index in [0.29, 0.717) is 22.6 Å². The first-order valence-corrected chi connectivity index (χ1v) is 9.37. The van der Waals surface area contributed by atoms with Crippen molar-refractivity contribution < 1.29 is 4.42 Å². The van der Waals surface area contributed by atoms with Crippen molar-refractivity contribution >= 4 is 23.4 Å². The van der Waals surface area contributed by atoms with Crippen LogP contribution in [0.3, 0.4) is 0 Å². The average molecular weight is 383 g/mol. The first-order chi connectivity index (χ1) is 12.7. The maximum absolute atomic E-state index is 5.91. The van der Waals surface area contributed by atoms with Crippen molar-refractivity contribution in [3.8, 4) is 17.1 Å². The lowest BCUT2D eigenvalue weighted by molar-refractivity contribution is 0.528. The molecule has 2 aromatic carbocycles. The molecular formula is C19H15ClN4OS. The zero-order valence-corrected chi connectivity index (χ0v) is 15.5. The summed E-state index contributed by atoms with van der Waals surface area (Å²) < 4.78 is 7.80. The van der Waals surface area contributed by atoms with E-state index in [-0.39, 0.29) is 0 Å². The van der Waals surface area contributed by atoms with Gasteiger partial charge in [-0.3, -0.25) is 4.57 Å². The molecule has 0 unspecified atom stereocenters. The zero-order valence-electron chi connectivity index (χ0n) is 14.0. The van der Waals surface area contributed by atoms with Crippen molar-refractivity contribution in [1.82, 2.24) is 19.7 Å². The van der Waals surface area contributed by atoms with E-state index in [1.807, 2.05) is 29.0 Å². The third kappa shape index (κ3) is 3.66. The number of hydrogen-bond donors (Lipinski definition) is 0. The molecule has 0 atom stereocenters. The maximum atomic E-state index is 5.91. The molecule has 0 aliphatic heterocycles. The van der Waals surface area contributed by atoms with Crippen molar-refractivity contribution in [3.63, 3.8) is 0 Å². The topological polar surface area (TPSA) is 56.7 Å². The van der Waals surface area contributed by atoms with Gasteiger partial charge in [0.2, 0.25) is 11.8 Å². The van der Waals surface area contributed by atoms with E-state index in [1.54, 1.807) is 30.1 Å². The Kier molecular flexibility index (Phi) is 4.77. The van der Waals surface area contributed by atoms with Crippen molar-refractivity contribution in [3.05, 3.63) is 77.4 Å². The van der Waals surface area contributed by atoms with Gasteiger partial charge in [0.25, 0.3) is 0 Å². The van der Waals surface area contributed by atoms with Crippen LogP contribution in [0.5, 0.6) is 0 Å². The molecule has 0 amide bonds. The Balaban J connectivity index is 1.49. The molecule has 7 heteroatoms. The molecule has 0 aliphatic carbocycles. The van der Waals surface area contributed by atoms with Crippen molar-refractivity contribution in [2.24, 2.45) is 0 Å². The van der Waals surface area contributed by atoms with Gasteiger partial charge in [-0.2, -0.15) is 0 Å². The van der Waals surface area contributed by atoms with Gasteiger partial charge >= 0.3 is 0 Å². The fourth-order valence-electron chi connectivity index (χ4n) is 2.52. The number of imidazole rings is 1. The Morgan fingerprint density at radius 2 is 1.96 bits per heavy atom. The Bertz CT molecular complexity index is 1030. The number of halogens is 1. The van der Waals surface area contributed by atoms with Gasteiger partial charge < -0.3 is 4.42 Å². The van der Waals surface area contributed by atoms with Crippen LogP contribution in [0.2, 0.25) is 5.02 Å². The number of nitrogens with zero attached hydrogens (tertiary/aromatic N) is 4. The predicted octanol–water partition coefficient (Wildman–Crippen LogP) is 5.18. The minimum Gasteiger partial charge on any atom is -0.420 e. The number of aryl methyl sites for hydroxylation is 1. The van der Waals surface area contributed by atoms with E-state index in [0.717, 1.165) is 16.4 Å². The summed E-state index contributed by atoms with van der Waals surface area (Å²) in [5.41, 5.74) is 3.13. The molecule has 26 heavy (non-hydrogen) atoms. The molecule has 0 saturated carbocycles. The van der Waals surface area contributed by atoms with Crippen molar-refractivity contribution in [2.45, 2.75) is 17.8 Å². The summed E-state index contributed by atoms with van der Waals surface area (Å²) >= 11 is 7.46. The minimum atomic E-state index is 0.485. The van der Waals surface area contributed by atoms with Crippen LogP contribution in [0.15, 0.2) is 70.5 Å². The third-order valence-corrected chi connectivity index (χ3v) is 4.97. The molecule has 130 valence electrons. The molecule has 0 N–H and O–H groups in total. The fraction of sp³-hybridized carbons (Fsp3) is 0.105. The second-order valence-corrected chi connectivity index (χ2v) is 7.09. The number of rotatable bonds is 5. The summed E-state index contributed by atoms with van der Waals surface area (Å²) in [7, 11) is 0. The van der Waals surface area contributed by atoms with Crippen LogP contribution >= 0.6 is 23.4 Å².